The minimum absolute atomic E-state index is 0.332. The SMILES string of the molecule is CCN(C(=O)CNCC(F)(F)F)c1ccc(C)cc1. The van der Waals surface area contributed by atoms with Crippen molar-refractivity contribution in [2.45, 2.75) is 20.0 Å². The second-order valence-corrected chi connectivity index (χ2v) is 4.19. The summed E-state index contributed by atoms with van der Waals surface area (Å²) in [6.07, 6.45) is -4.30. The Labute approximate surface area is 110 Å². The van der Waals surface area contributed by atoms with Gasteiger partial charge in [0.15, 0.2) is 0 Å². The van der Waals surface area contributed by atoms with Crippen molar-refractivity contribution in [1.82, 2.24) is 5.32 Å². The van der Waals surface area contributed by atoms with Gasteiger partial charge in [0.1, 0.15) is 0 Å². The number of hydrogen-bond acceptors (Lipinski definition) is 2. The summed E-state index contributed by atoms with van der Waals surface area (Å²) in [4.78, 5) is 13.3. The highest BCUT2D eigenvalue weighted by molar-refractivity contribution is 5.94. The van der Waals surface area contributed by atoms with E-state index in [4.69, 9.17) is 0 Å². The molecule has 106 valence electrons. The first-order chi connectivity index (χ1) is 8.83. The molecular weight excluding hydrogens is 257 g/mol. The monoisotopic (exact) mass is 274 g/mol. The fourth-order valence-electron chi connectivity index (χ4n) is 1.63. The predicted molar refractivity (Wildman–Crippen MR) is 68.1 cm³/mol. The van der Waals surface area contributed by atoms with Crippen molar-refractivity contribution in [3.8, 4) is 0 Å². The Hall–Kier alpha value is -1.56. The van der Waals surface area contributed by atoms with Gasteiger partial charge in [0.05, 0.1) is 13.1 Å². The first kappa shape index (κ1) is 15.5. The molecule has 0 aromatic heterocycles. The number of carbonyl (C=O) groups excluding carboxylic acids is 1. The number of alkyl halides is 3. The van der Waals surface area contributed by atoms with Gasteiger partial charge in [0, 0.05) is 12.2 Å². The number of nitrogens with one attached hydrogen (secondary N) is 1. The van der Waals surface area contributed by atoms with Crippen LogP contribution in [0.4, 0.5) is 18.9 Å². The number of rotatable bonds is 5. The van der Waals surface area contributed by atoms with Gasteiger partial charge in [-0.3, -0.25) is 4.79 Å². The van der Waals surface area contributed by atoms with Crippen LogP contribution in [0.25, 0.3) is 0 Å². The number of anilines is 1. The Bertz CT molecular complexity index is 415. The van der Waals surface area contributed by atoms with E-state index in [1.807, 2.05) is 19.1 Å². The highest BCUT2D eigenvalue weighted by Gasteiger charge is 2.27. The first-order valence-electron chi connectivity index (χ1n) is 5.98. The fraction of sp³-hybridized carbons (Fsp3) is 0.462. The van der Waals surface area contributed by atoms with Crippen molar-refractivity contribution < 1.29 is 18.0 Å². The lowest BCUT2D eigenvalue weighted by molar-refractivity contribution is -0.127. The molecule has 1 N–H and O–H groups in total. The Morgan fingerprint density at radius 1 is 1.26 bits per heavy atom. The fourth-order valence-corrected chi connectivity index (χ4v) is 1.63. The van der Waals surface area contributed by atoms with Crippen molar-refractivity contribution in [3.05, 3.63) is 29.8 Å². The van der Waals surface area contributed by atoms with Crippen molar-refractivity contribution in [3.63, 3.8) is 0 Å². The minimum atomic E-state index is -4.30. The van der Waals surface area contributed by atoms with Crippen molar-refractivity contribution in [2.24, 2.45) is 0 Å². The first-order valence-corrected chi connectivity index (χ1v) is 5.98. The summed E-state index contributed by atoms with van der Waals surface area (Å²) in [5, 5.41) is 2.10. The Morgan fingerprint density at radius 2 is 1.84 bits per heavy atom. The maximum atomic E-state index is 12.0. The van der Waals surface area contributed by atoms with Gasteiger partial charge in [-0.05, 0) is 26.0 Å². The van der Waals surface area contributed by atoms with Gasteiger partial charge < -0.3 is 10.2 Å². The van der Waals surface area contributed by atoms with Crippen molar-refractivity contribution in [1.29, 1.82) is 0 Å². The van der Waals surface area contributed by atoms with E-state index in [0.29, 0.717) is 12.2 Å². The normalized spacial score (nSPS) is 11.4. The molecule has 1 aromatic carbocycles. The molecule has 0 bridgehead atoms. The number of nitrogens with zero attached hydrogens (tertiary/aromatic N) is 1. The second-order valence-electron chi connectivity index (χ2n) is 4.19. The second kappa shape index (κ2) is 6.56. The standard InChI is InChI=1S/C13H17F3N2O/c1-3-18(11-6-4-10(2)5-7-11)12(19)8-17-9-13(14,15)16/h4-7,17H,3,8-9H2,1-2H3. The average Bonchev–Trinajstić information content (AvgIpc) is 2.31. The maximum Gasteiger partial charge on any atom is 0.401 e. The lowest BCUT2D eigenvalue weighted by Gasteiger charge is -2.21. The van der Waals surface area contributed by atoms with Crippen LogP contribution in [0, 0.1) is 6.92 Å². The zero-order chi connectivity index (χ0) is 14.5. The molecule has 1 rings (SSSR count). The van der Waals surface area contributed by atoms with Crippen LogP contribution in [0.3, 0.4) is 0 Å². The Kier molecular flexibility index (Phi) is 5.35. The number of likely N-dealkylation sites (N-methyl/N-ethyl adjacent to an activating group) is 1. The third kappa shape index (κ3) is 5.30. The average molecular weight is 274 g/mol. The van der Waals surface area contributed by atoms with Gasteiger partial charge in [-0.25, -0.2) is 0 Å². The molecule has 0 aliphatic carbocycles. The summed E-state index contributed by atoms with van der Waals surface area (Å²) in [5.74, 6) is -0.379. The molecule has 19 heavy (non-hydrogen) atoms. The van der Waals surface area contributed by atoms with E-state index in [9.17, 15) is 18.0 Å². The van der Waals surface area contributed by atoms with Gasteiger partial charge in [0.25, 0.3) is 0 Å². The predicted octanol–water partition coefficient (Wildman–Crippen LogP) is 2.50. The van der Waals surface area contributed by atoms with Crippen LogP contribution < -0.4 is 10.2 Å². The van der Waals surface area contributed by atoms with E-state index >= 15 is 0 Å². The summed E-state index contributed by atoms with van der Waals surface area (Å²) < 4.78 is 35.9. The molecule has 0 fully saturated rings. The number of amides is 1. The molecule has 0 atom stereocenters. The molecule has 0 saturated carbocycles. The lowest BCUT2D eigenvalue weighted by Crippen LogP contribution is -2.41. The van der Waals surface area contributed by atoms with Crippen molar-refractivity contribution >= 4 is 11.6 Å². The van der Waals surface area contributed by atoms with Gasteiger partial charge in [-0.2, -0.15) is 13.2 Å². The van der Waals surface area contributed by atoms with E-state index in [1.165, 1.54) is 4.90 Å². The molecule has 0 aliphatic heterocycles. The summed E-state index contributed by atoms with van der Waals surface area (Å²) in [5.41, 5.74) is 1.74. The number of halogens is 3. The summed E-state index contributed by atoms with van der Waals surface area (Å²) >= 11 is 0. The van der Waals surface area contributed by atoms with E-state index in [-0.39, 0.29) is 12.5 Å². The third-order valence-corrected chi connectivity index (χ3v) is 2.56. The van der Waals surface area contributed by atoms with Gasteiger partial charge >= 0.3 is 6.18 Å². The molecule has 0 saturated heterocycles. The molecular formula is C13H17F3N2O. The van der Waals surface area contributed by atoms with Crippen LogP contribution in [0.5, 0.6) is 0 Å². The number of carbonyl (C=O) groups is 1. The molecule has 0 spiro atoms. The Morgan fingerprint density at radius 3 is 2.32 bits per heavy atom. The van der Waals surface area contributed by atoms with Crippen LogP contribution in [0.1, 0.15) is 12.5 Å². The summed E-state index contributed by atoms with van der Waals surface area (Å²) in [7, 11) is 0. The Balaban J connectivity index is 2.59. The molecule has 0 unspecified atom stereocenters. The zero-order valence-corrected chi connectivity index (χ0v) is 10.9. The minimum Gasteiger partial charge on any atom is -0.312 e. The highest BCUT2D eigenvalue weighted by Crippen LogP contribution is 2.15. The molecule has 3 nitrogen and oxygen atoms in total. The zero-order valence-electron chi connectivity index (χ0n) is 10.9. The number of hydrogen-bond donors (Lipinski definition) is 1. The maximum absolute atomic E-state index is 12.0. The van der Waals surface area contributed by atoms with Crippen LogP contribution in [0.15, 0.2) is 24.3 Å². The topological polar surface area (TPSA) is 32.3 Å². The van der Waals surface area contributed by atoms with E-state index in [0.717, 1.165) is 5.56 Å². The lowest BCUT2D eigenvalue weighted by atomic mass is 10.2. The van der Waals surface area contributed by atoms with Gasteiger partial charge in [-0.15, -0.1) is 0 Å². The molecule has 0 heterocycles. The largest absolute Gasteiger partial charge is 0.401 e. The van der Waals surface area contributed by atoms with Crippen LogP contribution in [-0.4, -0.2) is 31.7 Å². The summed E-state index contributed by atoms with van der Waals surface area (Å²) in [6.45, 7) is 2.62. The van der Waals surface area contributed by atoms with Crippen LogP contribution in [-0.2, 0) is 4.79 Å². The third-order valence-electron chi connectivity index (χ3n) is 2.56. The van der Waals surface area contributed by atoms with Crippen LogP contribution in [0.2, 0.25) is 0 Å². The van der Waals surface area contributed by atoms with Gasteiger partial charge in [0.2, 0.25) is 5.91 Å². The van der Waals surface area contributed by atoms with Crippen LogP contribution >= 0.6 is 0 Å². The smallest absolute Gasteiger partial charge is 0.312 e. The van der Waals surface area contributed by atoms with E-state index < -0.39 is 12.7 Å². The molecule has 0 aliphatic rings. The van der Waals surface area contributed by atoms with Crippen molar-refractivity contribution in [2.75, 3.05) is 24.5 Å². The highest BCUT2D eigenvalue weighted by atomic mass is 19.4. The van der Waals surface area contributed by atoms with Gasteiger partial charge in [-0.1, -0.05) is 17.7 Å². The molecule has 1 amide bonds. The number of aryl methyl sites for hydroxylation is 1. The molecule has 0 radical (unpaired) electrons. The molecule has 1 aromatic rings. The number of benzene rings is 1. The summed E-state index contributed by atoms with van der Waals surface area (Å²) in [6, 6.07) is 7.27. The van der Waals surface area contributed by atoms with E-state index in [1.54, 1.807) is 19.1 Å². The van der Waals surface area contributed by atoms with E-state index in [2.05, 4.69) is 5.32 Å². The quantitative estimate of drug-likeness (QED) is 0.894. The molecule has 6 heteroatoms.